The number of fused-ring (bicyclic) bond motifs is 1. The van der Waals surface area contributed by atoms with Crippen LogP contribution in [0.5, 0.6) is 0 Å². The van der Waals surface area contributed by atoms with E-state index in [0.717, 1.165) is 40.7 Å². The van der Waals surface area contributed by atoms with Gasteiger partial charge < -0.3 is 4.90 Å². The van der Waals surface area contributed by atoms with Crippen molar-refractivity contribution in [2.24, 2.45) is 0 Å². The Kier molecular flexibility index (Phi) is 3.85. The molecule has 0 atom stereocenters. The Morgan fingerprint density at radius 2 is 2.00 bits per heavy atom. The van der Waals surface area contributed by atoms with Gasteiger partial charge in [0.15, 0.2) is 0 Å². The summed E-state index contributed by atoms with van der Waals surface area (Å²) in [5, 5.41) is 0. The average Bonchev–Trinajstić information content (AvgIpc) is 2.46. The number of hydrogen-bond donors (Lipinski definition) is 0. The molecule has 2 aromatic rings. The highest BCUT2D eigenvalue weighted by Crippen LogP contribution is 2.32. The number of halogens is 1. The number of nitrogens with zero attached hydrogens (tertiary/aromatic N) is 1. The summed E-state index contributed by atoms with van der Waals surface area (Å²) in [6.45, 7) is 4.89. The lowest BCUT2D eigenvalue weighted by Gasteiger charge is -2.31. The van der Waals surface area contributed by atoms with E-state index in [-0.39, 0.29) is 5.91 Å². The van der Waals surface area contributed by atoms with E-state index in [4.69, 9.17) is 0 Å². The minimum absolute atomic E-state index is 0.0807. The van der Waals surface area contributed by atoms with Gasteiger partial charge in [-0.25, -0.2) is 0 Å². The molecule has 3 heteroatoms. The van der Waals surface area contributed by atoms with Gasteiger partial charge >= 0.3 is 0 Å². The summed E-state index contributed by atoms with van der Waals surface area (Å²) in [6, 6.07) is 12.2. The molecule has 0 aromatic heterocycles. The van der Waals surface area contributed by atoms with Gasteiger partial charge in [-0.15, -0.1) is 0 Å². The number of benzene rings is 2. The van der Waals surface area contributed by atoms with E-state index in [0.29, 0.717) is 0 Å². The van der Waals surface area contributed by atoms with Gasteiger partial charge in [-0.3, -0.25) is 4.79 Å². The van der Waals surface area contributed by atoms with Crippen LogP contribution in [0.2, 0.25) is 0 Å². The van der Waals surface area contributed by atoms with Gasteiger partial charge in [0.25, 0.3) is 5.91 Å². The molecule has 1 amide bonds. The van der Waals surface area contributed by atoms with Crippen LogP contribution in [0.15, 0.2) is 40.9 Å². The van der Waals surface area contributed by atoms with Crippen LogP contribution in [0.1, 0.15) is 33.5 Å². The normalized spacial score (nSPS) is 14.0. The second-order valence-electron chi connectivity index (χ2n) is 5.63. The lowest BCUT2D eigenvalue weighted by Crippen LogP contribution is -2.36. The van der Waals surface area contributed by atoms with Crippen molar-refractivity contribution in [2.45, 2.75) is 26.7 Å². The zero-order valence-electron chi connectivity index (χ0n) is 12.3. The Morgan fingerprint density at radius 3 is 2.76 bits per heavy atom. The van der Waals surface area contributed by atoms with Crippen molar-refractivity contribution in [3.63, 3.8) is 0 Å². The average molecular weight is 344 g/mol. The smallest absolute Gasteiger partial charge is 0.259 e. The van der Waals surface area contributed by atoms with Crippen LogP contribution in [0.4, 0.5) is 5.69 Å². The maximum Gasteiger partial charge on any atom is 0.259 e. The van der Waals surface area contributed by atoms with Crippen molar-refractivity contribution >= 4 is 27.5 Å². The Morgan fingerprint density at radius 1 is 1.19 bits per heavy atom. The van der Waals surface area contributed by atoms with Gasteiger partial charge in [0.2, 0.25) is 0 Å². The van der Waals surface area contributed by atoms with Crippen molar-refractivity contribution in [1.82, 2.24) is 0 Å². The summed E-state index contributed by atoms with van der Waals surface area (Å²) in [4.78, 5) is 14.9. The molecule has 108 valence electrons. The molecule has 0 bridgehead atoms. The number of rotatable bonds is 1. The van der Waals surface area contributed by atoms with E-state index in [1.807, 2.05) is 30.0 Å². The SMILES string of the molecule is Cc1ccc(C(=O)N2CCCc3cccc(C)c32)c(Br)c1. The maximum atomic E-state index is 12.9. The van der Waals surface area contributed by atoms with E-state index in [2.05, 4.69) is 41.1 Å². The summed E-state index contributed by atoms with van der Waals surface area (Å²) < 4.78 is 0.869. The topological polar surface area (TPSA) is 20.3 Å². The molecular weight excluding hydrogens is 326 g/mol. The van der Waals surface area contributed by atoms with Crippen molar-refractivity contribution in [1.29, 1.82) is 0 Å². The molecule has 2 nitrogen and oxygen atoms in total. The van der Waals surface area contributed by atoms with Gasteiger partial charge in [0, 0.05) is 11.0 Å². The zero-order chi connectivity index (χ0) is 15.0. The number of hydrogen-bond acceptors (Lipinski definition) is 1. The van der Waals surface area contributed by atoms with Crippen molar-refractivity contribution in [3.8, 4) is 0 Å². The highest BCUT2D eigenvalue weighted by Gasteiger charge is 2.26. The molecule has 21 heavy (non-hydrogen) atoms. The molecular formula is C18H18BrNO. The third kappa shape index (κ3) is 2.62. The lowest BCUT2D eigenvalue weighted by atomic mass is 9.97. The molecule has 0 fully saturated rings. The fourth-order valence-electron chi connectivity index (χ4n) is 2.99. The molecule has 1 aliphatic heterocycles. The second kappa shape index (κ2) is 5.64. The van der Waals surface area contributed by atoms with Crippen LogP contribution in [0, 0.1) is 13.8 Å². The van der Waals surface area contributed by atoms with Crippen LogP contribution in [0.25, 0.3) is 0 Å². The van der Waals surface area contributed by atoms with Crippen LogP contribution in [-0.2, 0) is 6.42 Å². The van der Waals surface area contributed by atoms with Crippen molar-refractivity contribution in [2.75, 3.05) is 11.4 Å². The molecule has 0 saturated carbocycles. The monoisotopic (exact) mass is 343 g/mol. The third-order valence-electron chi connectivity index (χ3n) is 4.02. The molecule has 0 aliphatic carbocycles. The first-order valence-electron chi connectivity index (χ1n) is 7.24. The third-order valence-corrected chi connectivity index (χ3v) is 4.68. The summed E-state index contributed by atoms with van der Waals surface area (Å²) in [5.74, 6) is 0.0807. The number of anilines is 1. The van der Waals surface area contributed by atoms with Crippen molar-refractivity contribution in [3.05, 3.63) is 63.1 Å². The standard InChI is InChI=1S/C18H18BrNO/c1-12-8-9-15(16(19)11-12)18(21)20-10-4-7-14-6-3-5-13(2)17(14)20/h3,5-6,8-9,11H,4,7,10H2,1-2H3. The van der Waals surface area contributed by atoms with Crippen LogP contribution in [-0.4, -0.2) is 12.5 Å². The van der Waals surface area contributed by atoms with E-state index >= 15 is 0 Å². The molecule has 3 rings (SSSR count). The Hall–Kier alpha value is -1.61. The maximum absolute atomic E-state index is 12.9. The minimum Gasteiger partial charge on any atom is -0.308 e. The molecule has 0 radical (unpaired) electrons. The first-order chi connectivity index (χ1) is 10.1. The molecule has 1 aliphatic rings. The number of aryl methyl sites for hydroxylation is 3. The Bertz CT molecular complexity index is 708. The van der Waals surface area contributed by atoms with E-state index in [9.17, 15) is 4.79 Å². The summed E-state index contributed by atoms with van der Waals surface area (Å²) in [7, 11) is 0. The zero-order valence-corrected chi connectivity index (χ0v) is 13.9. The summed E-state index contributed by atoms with van der Waals surface area (Å²) in [6.07, 6.45) is 2.07. The fraction of sp³-hybridized carbons (Fsp3) is 0.278. The number of amides is 1. The molecule has 0 unspecified atom stereocenters. The van der Waals surface area contributed by atoms with Gasteiger partial charge in [-0.2, -0.15) is 0 Å². The fourth-order valence-corrected chi connectivity index (χ4v) is 3.65. The van der Waals surface area contributed by atoms with E-state index in [1.165, 1.54) is 11.1 Å². The first kappa shape index (κ1) is 14.3. The number of carbonyl (C=O) groups is 1. The Balaban J connectivity index is 2.04. The second-order valence-corrected chi connectivity index (χ2v) is 6.48. The van der Waals surface area contributed by atoms with E-state index in [1.54, 1.807) is 0 Å². The summed E-state index contributed by atoms with van der Waals surface area (Å²) in [5.41, 5.74) is 5.42. The molecule has 0 saturated heterocycles. The van der Waals surface area contributed by atoms with Crippen LogP contribution in [0.3, 0.4) is 0 Å². The predicted molar refractivity (Wildman–Crippen MR) is 90.1 cm³/mol. The van der Waals surface area contributed by atoms with E-state index < -0.39 is 0 Å². The van der Waals surface area contributed by atoms with Crippen LogP contribution < -0.4 is 4.90 Å². The highest BCUT2D eigenvalue weighted by atomic mass is 79.9. The molecule has 2 aromatic carbocycles. The Labute approximate surface area is 133 Å². The summed E-state index contributed by atoms with van der Waals surface area (Å²) >= 11 is 3.53. The van der Waals surface area contributed by atoms with Crippen LogP contribution >= 0.6 is 15.9 Å². The van der Waals surface area contributed by atoms with Gasteiger partial charge in [0.1, 0.15) is 0 Å². The largest absolute Gasteiger partial charge is 0.308 e. The highest BCUT2D eigenvalue weighted by molar-refractivity contribution is 9.10. The molecule has 1 heterocycles. The lowest BCUT2D eigenvalue weighted by molar-refractivity contribution is 0.0984. The van der Waals surface area contributed by atoms with Gasteiger partial charge in [-0.1, -0.05) is 24.3 Å². The van der Waals surface area contributed by atoms with Crippen molar-refractivity contribution < 1.29 is 4.79 Å². The quantitative estimate of drug-likeness (QED) is 0.737. The molecule has 0 N–H and O–H groups in total. The number of carbonyl (C=O) groups excluding carboxylic acids is 1. The van der Waals surface area contributed by atoms with Gasteiger partial charge in [-0.05, 0) is 71.4 Å². The first-order valence-corrected chi connectivity index (χ1v) is 8.04. The van der Waals surface area contributed by atoms with Gasteiger partial charge in [0.05, 0.1) is 11.3 Å². The predicted octanol–water partition coefficient (Wildman–Crippen LogP) is 4.66. The number of para-hydroxylation sites is 1. The minimum atomic E-state index is 0.0807. The molecule has 0 spiro atoms.